The largest absolute Gasteiger partial charge is 0.497 e. The van der Waals surface area contributed by atoms with Gasteiger partial charge in [-0.25, -0.2) is 0 Å². The molecule has 0 aliphatic rings. The number of methoxy groups -OCH3 is 1. The molecule has 3 rings (SSSR count). The molecule has 0 amide bonds. The van der Waals surface area contributed by atoms with Gasteiger partial charge in [-0.3, -0.25) is 14.6 Å². The molecule has 1 atom stereocenters. The molecular formula is C19H17NO4S2. The van der Waals surface area contributed by atoms with E-state index in [4.69, 9.17) is 9.84 Å². The summed E-state index contributed by atoms with van der Waals surface area (Å²) in [6.45, 7) is 1.62. The van der Waals surface area contributed by atoms with Crippen LogP contribution in [0.1, 0.15) is 27.4 Å². The average molecular weight is 387 g/mol. The van der Waals surface area contributed by atoms with Crippen molar-refractivity contribution in [2.75, 3.05) is 12.9 Å². The highest BCUT2D eigenvalue weighted by atomic mass is 32.2. The van der Waals surface area contributed by atoms with Gasteiger partial charge in [0, 0.05) is 27.4 Å². The van der Waals surface area contributed by atoms with Crippen LogP contribution in [-0.2, 0) is 4.79 Å². The molecule has 1 aromatic carbocycles. The zero-order valence-corrected chi connectivity index (χ0v) is 15.9. The van der Waals surface area contributed by atoms with E-state index in [1.807, 2.05) is 24.3 Å². The molecule has 0 spiro atoms. The van der Waals surface area contributed by atoms with Crippen molar-refractivity contribution in [3.05, 3.63) is 52.3 Å². The third-order valence-electron chi connectivity index (χ3n) is 3.97. The lowest BCUT2D eigenvalue weighted by atomic mass is 10.1. The Labute approximate surface area is 159 Å². The minimum atomic E-state index is -0.890. The van der Waals surface area contributed by atoms with Crippen molar-refractivity contribution >= 4 is 45.8 Å². The van der Waals surface area contributed by atoms with E-state index in [1.54, 1.807) is 32.4 Å². The highest BCUT2D eigenvalue weighted by Crippen LogP contribution is 2.31. The van der Waals surface area contributed by atoms with Crippen molar-refractivity contribution in [1.29, 1.82) is 0 Å². The van der Waals surface area contributed by atoms with Crippen LogP contribution in [0.15, 0.2) is 47.5 Å². The van der Waals surface area contributed by atoms with Crippen molar-refractivity contribution in [3.8, 4) is 5.75 Å². The lowest BCUT2D eigenvalue weighted by molar-refractivity contribution is -0.138. The summed E-state index contributed by atoms with van der Waals surface area (Å²) in [5.74, 6) is -0.483. The fraction of sp³-hybridized carbons (Fsp3) is 0.211. The van der Waals surface area contributed by atoms with Crippen molar-refractivity contribution in [3.63, 3.8) is 0 Å². The van der Waals surface area contributed by atoms with E-state index < -0.39 is 11.9 Å². The van der Waals surface area contributed by atoms with E-state index in [1.165, 1.54) is 23.1 Å². The van der Waals surface area contributed by atoms with E-state index in [9.17, 15) is 9.59 Å². The number of carbonyl (C=O) groups is 2. The highest BCUT2D eigenvalue weighted by Gasteiger charge is 2.18. The number of carboxylic acids is 1. The maximum absolute atomic E-state index is 12.5. The van der Waals surface area contributed by atoms with Gasteiger partial charge in [-0.2, -0.15) is 0 Å². The number of carbonyl (C=O) groups excluding carboxylic acids is 1. The number of nitrogens with zero attached hydrogens (tertiary/aromatic N) is 1. The molecule has 0 fully saturated rings. The van der Waals surface area contributed by atoms with E-state index in [-0.39, 0.29) is 11.5 Å². The van der Waals surface area contributed by atoms with Crippen LogP contribution in [0, 0.1) is 0 Å². The summed E-state index contributed by atoms with van der Waals surface area (Å²) in [6.07, 6.45) is 1.71. The third-order valence-corrected chi connectivity index (χ3v) is 6.35. The van der Waals surface area contributed by atoms with Crippen LogP contribution >= 0.6 is 23.1 Å². The summed E-state index contributed by atoms with van der Waals surface area (Å²) in [5.41, 5.74) is 0.815. The molecule has 0 saturated heterocycles. The molecule has 0 aliphatic heterocycles. The second-order valence-electron chi connectivity index (χ2n) is 5.67. The van der Waals surface area contributed by atoms with Gasteiger partial charge < -0.3 is 9.84 Å². The predicted octanol–water partition coefficient (Wildman–Crippen LogP) is 4.47. The number of pyridine rings is 1. The Balaban J connectivity index is 1.74. The summed E-state index contributed by atoms with van der Waals surface area (Å²) in [4.78, 5) is 30.1. The van der Waals surface area contributed by atoms with E-state index in [0.717, 1.165) is 21.5 Å². The third kappa shape index (κ3) is 3.89. The molecular weight excluding hydrogens is 370 g/mol. The Kier molecular flexibility index (Phi) is 5.58. The number of ether oxygens (including phenoxy) is 1. The van der Waals surface area contributed by atoms with Gasteiger partial charge in [-0.15, -0.1) is 23.1 Å². The number of rotatable bonds is 7. The molecule has 1 N–H and O–H groups in total. The molecule has 7 heteroatoms. The minimum absolute atomic E-state index is 0.0117. The van der Waals surface area contributed by atoms with Crippen LogP contribution in [0.3, 0.4) is 0 Å². The van der Waals surface area contributed by atoms with E-state index >= 15 is 0 Å². The smallest absolute Gasteiger partial charge is 0.311 e. The number of hydrogen-bond donors (Lipinski definition) is 1. The fourth-order valence-corrected chi connectivity index (χ4v) is 4.43. The van der Waals surface area contributed by atoms with Gasteiger partial charge in [0.15, 0.2) is 5.78 Å². The lowest BCUT2D eigenvalue weighted by Crippen LogP contribution is -2.05. The number of thiophene rings is 1. The van der Waals surface area contributed by atoms with Crippen LogP contribution in [0.25, 0.3) is 10.9 Å². The van der Waals surface area contributed by atoms with Crippen LogP contribution in [0.4, 0.5) is 0 Å². The number of Topliss-reactive ketones (excluding diaryl/α,β-unsaturated/α-hetero) is 1. The van der Waals surface area contributed by atoms with Crippen molar-refractivity contribution in [1.82, 2.24) is 4.98 Å². The Bertz CT molecular complexity index is 967. The zero-order chi connectivity index (χ0) is 18.7. The lowest BCUT2D eigenvalue weighted by Gasteiger charge is -2.07. The number of benzene rings is 1. The monoisotopic (exact) mass is 387 g/mol. The second-order valence-corrected chi connectivity index (χ2v) is 7.80. The van der Waals surface area contributed by atoms with E-state index in [0.29, 0.717) is 9.75 Å². The molecule has 0 aliphatic carbocycles. The summed E-state index contributed by atoms with van der Waals surface area (Å²) < 4.78 is 5.22. The number of aromatic nitrogens is 1. The molecule has 2 heterocycles. The van der Waals surface area contributed by atoms with Crippen molar-refractivity contribution in [2.24, 2.45) is 0 Å². The number of aliphatic carboxylic acids is 1. The Morgan fingerprint density at radius 1 is 1.27 bits per heavy atom. The number of thioether (sulfide) groups is 1. The Hall–Kier alpha value is -2.38. The topological polar surface area (TPSA) is 76.5 Å². The van der Waals surface area contributed by atoms with Gasteiger partial charge in [0.05, 0.1) is 29.2 Å². The molecule has 134 valence electrons. The normalized spacial score (nSPS) is 12.1. The number of carboxylic acid groups (broad SMARTS) is 1. The SMILES string of the molecule is COc1ccc2c(SCC(=O)c3ccc(C(C)C(=O)O)s3)ccnc2c1. The maximum atomic E-state index is 12.5. The van der Waals surface area contributed by atoms with Crippen LogP contribution in [0.5, 0.6) is 5.75 Å². The molecule has 0 saturated carbocycles. The van der Waals surface area contributed by atoms with Gasteiger partial charge in [-0.1, -0.05) is 0 Å². The molecule has 2 aromatic heterocycles. The van der Waals surface area contributed by atoms with Crippen LogP contribution in [0.2, 0.25) is 0 Å². The maximum Gasteiger partial charge on any atom is 0.311 e. The standard InChI is InChI=1S/C19H17NO4S2/c1-11(19(22)23)16-5-6-18(26-16)15(21)10-25-17-7-8-20-14-9-12(24-2)3-4-13(14)17/h3-9,11H,10H2,1-2H3,(H,22,23). The molecule has 1 unspecified atom stereocenters. The molecule has 5 nitrogen and oxygen atoms in total. The fourth-order valence-electron chi connectivity index (χ4n) is 2.43. The molecule has 0 radical (unpaired) electrons. The first-order valence-electron chi connectivity index (χ1n) is 7.91. The van der Waals surface area contributed by atoms with Crippen LogP contribution < -0.4 is 4.74 Å². The van der Waals surface area contributed by atoms with Crippen molar-refractivity contribution < 1.29 is 19.4 Å². The van der Waals surface area contributed by atoms with Gasteiger partial charge in [0.2, 0.25) is 0 Å². The second kappa shape index (κ2) is 7.88. The van der Waals surface area contributed by atoms with E-state index in [2.05, 4.69) is 4.98 Å². The Morgan fingerprint density at radius 2 is 2.08 bits per heavy atom. The van der Waals surface area contributed by atoms with Gasteiger partial charge in [-0.05, 0) is 37.3 Å². The number of ketones is 1. The summed E-state index contributed by atoms with van der Waals surface area (Å²) in [7, 11) is 1.61. The quantitative estimate of drug-likeness (QED) is 0.476. The summed E-state index contributed by atoms with van der Waals surface area (Å²) in [5, 5.41) is 10.0. The zero-order valence-electron chi connectivity index (χ0n) is 14.3. The first kappa shape index (κ1) is 18.4. The predicted molar refractivity (Wildman–Crippen MR) is 104 cm³/mol. The van der Waals surface area contributed by atoms with Crippen LogP contribution in [-0.4, -0.2) is 34.7 Å². The van der Waals surface area contributed by atoms with Gasteiger partial charge in [0.25, 0.3) is 0 Å². The first-order chi connectivity index (χ1) is 12.5. The Morgan fingerprint density at radius 3 is 2.81 bits per heavy atom. The highest BCUT2D eigenvalue weighted by molar-refractivity contribution is 8.00. The van der Waals surface area contributed by atoms with Gasteiger partial charge in [0.1, 0.15) is 5.75 Å². The number of fused-ring (bicyclic) bond motifs is 1. The first-order valence-corrected chi connectivity index (χ1v) is 9.71. The van der Waals surface area contributed by atoms with Gasteiger partial charge >= 0.3 is 5.97 Å². The molecule has 3 aromatic rings. The minimum Gasteiger partial charge on any atom is -0.497 e. The summed E-state index contributed by atoms with van der Waals surface area (Å²) in [6, 6.07) is 11.0. The average Bonchev–Trinajstić information content (AvgIpc) is 3.14. The summed E-state index contributed by atoms with van der Waals surface area (Å²) >= 11 is 2.70. The molecule has 26 heavy (non-hydrogen) atoms. The van der Waals surface area contributed by atoms with Crippen molar-refractivity contribution in [2.45, 2.75) is 17.7 Å². The molecule has 0 bridgehead atoms. The number of hydrogen-bond acceptors (Lipinski definition) is 6.